The van der Waals surface area contributed by atoms with Crippen molar-refractivity contribution in [2.75, 3.05) is 4.90 Å². The van der Waals surface area contributed by atoms with E-state index in [0.717, 1.165) is 60.9 Å². The lowest BCUT2D eigenvalue weighted by Gasteiger charge is -2.27. The van der Waals surface area contributed by atoms with E-state index in [1.54, 1.807) is 12.4 Å². The van der Waals surface area contributed by atoms with Crippen LogP contribution < -0.4 is 4.90 Å². The Morgan fingerprint density at radius 3 is 1.98 bits per heavy atom. The number of rotatable bonds is 3. The van der Waals surface area contributed by atoms with Gasteiger partial charge in [0.2, 0.25) is 0 Å². The zero-order valence-corrected chi connectivity index (χ0v) is 24.0. The predicted molar refractivity (Wildman–Crippen MR) is 182 cm³/mol. The average molecular weight is 584 g/mol. The Bertz CT molecular complexity index is 2750. The number of fused-ring (bicyclic) bond motifs is 11. The molecule has 206 valence electrons. The van der Waals surface area contributed by atoms with Gasteiger partial charge < -0.3 is 13.7 Å². The van der Waals surface area contributed by atoms with Crippen LogP contribution >= 0.6 is 11.3 Å². The Balaban J connectivity index is 1.31. The third kappa shape index (κ3) is 3.34. The maximum absolute atomic E-state index is 6.35. The minimum Gasteiger partial charge on any atom is -0.456 e. The SMILES string of the molecule is c1ccc2c(c1)sc1c3ccccc3c(N(c3ccc4c(c3)oc3ccncc34)c3ccc4oc5ccncc5c4c3)cc21. The van der Waals surface area contributed by atoms with E-state index in [1.165, 1.54) is 30.9 Å². The quantitative estimate of drug-likeness (QED) is 0.207. The van der Waals surface area contributed by atoms with Gasteiger partial charge in [0.05, 0.1) is 5.69 Å². The molecular weight excluding hydrogens is 563 g/mol. The van der Waals surface area contributed by atoms with Crippen molar-refractivity contribution in [3.05, 3.63) is 128 Å². The molecule has 0 unspecified atom stereocenters. The first kappa shape index (κ1) is 23.8. The molecule has 10 rings (SSSR count). The Hall–Kier alpha value is -5.72. The van der Waals surface area contributed by atoms with Crippen molar-refractivity contribution >= 4 is 103 Å². The third-order valence-corrected chi connectivity index (χ3v) is 9.85. The first-order chi connectivity index (χ1) is 21.8. The second-order valence-corrected chi connectivity index (χ2v) is 12.1. The summed E-state index contributed by atoms with van der Waals surface area (Å²) >= 11 is 1.85. The molecule has 0 saturated carbocycles. The van der Waals surface area contributed by atoms with Crippen molar-refractivity contribution in [2.45, 2.75) is 0 Å². The molecule has 5 heterocycles. The molecule has 0 amide bonds. The van der Waals surface area contributed by atoms with E-state index in [9.17, 15) is 0 Å². The maximum atomic E-state index is 6.35. The number of hydrogen-bond donors (Lipinski definition) is 0. The molecule has 0 aliphatic carbocycles. The molecule has 6 heteroatoms. The number of hydrogen-bond acceptors (Lipinski definition) is 6. The fourth-order valence-corrected chi connectivity index (χ4v) is 7.86. The van der Waals surface area contributed by atoms with E-state index in [4.69, 9.17) is 8.83 Å². The summed E-state index contributed by atoms with van der Waals surface area (Å²) in [5.41, 5.74) is 6.42. The van der Waals surface area contributed by atoms with Gasteiger partial charge in [-0.3, -0.25) is 9.97 Å². The summed E-state index contributed by atoms with van der Waals surface area (Å²) in [6, 6.07) is 36.4. The van der Waals surface area contributed by atoms with E-state index in [2.05, 4.69) is 106 Å². The molecule has 5 aromatic carbocycles. The maximum Gasteiger partial charge on any atom is 0.138 e. The molecule has 10 aromatic rings. The van der Waals surface area contributed by atoms with E-state index in [0.29, 0.717) is 0 Å². The van der Waals surface area contributed by atoms with Crippen molar-refractivity contribution in [1.82, 2.24) is 9.97 Å². The lowest BCUT2D eigenvalue weighted by Crippen LogP contribution is -2.10. The minimum atomic E-state index is 0.820. The molecule has 0 aliphatic heterocycles. The van der Waals surface area contributed by atoms with Crippen molar-refractivity contribution in [1.29, 1.82) is 0 Å². The first-order valence-electron chi connectivity index (χ1n) is 14.5. The summed E-state index contributed by atoms with van der Waals surface area (Å²) in [7, 11) is 0. The molecule has 44 heavy (non-hydrogen) atoms. The van der Waals surface area contributed by atoms with Gasteiger partial charge in [0, 0.05) is 94.7 Å². The molecule has 5 nitrogen and oxygen atoms in total. The molecule has 0 saturated heterocycles. The molecule has 0 aliphatic rings. The normalized spacial score (nSPS) is 12.1. The third-order valence-electron chi connectivity index (χ3n) is 8.63. The summed E-state index contributed by atoms with van der Waals surface area (Å²) in [4.78, 5) is 11.1. The summed E-state index contributed by atoms with van der Waals surface area (Å²) < 4.78 is 15.1. The Morgan fingerprint density at radius 1 is 0.477 bits per heavy atom. The number of nitrogens with zero attached hydrogens (tertiary/aromatic N) is 3. The van der Waals surface area contributed by atoms with Crippen LogP contribution in [-0.4, -0.2) is 9.97 Å². The molecule has 5 aromatic heterocycles. The first-order valence-corrected chi connectivity index (χ1v) is 15.3. The van der Waals surface area contributed by atoms with Crippen LogP contribution in [0.25, 0.3) is 74.8 Å². The van der Waals surface area contributed by atoms with Crippen LogP contribution in [0.1, 0.15) is 0 Å². The molecule has 0 N–H and O–H groups in total. The summed E-state index contributed by atoms with van der Waals surface area (Å²) in [5, 5.41) is 9.01. The van der Waals surface area contributed by atoms with Crippen molar-refractivity contribution in [2.24, 2.45) is 0 Å². The Labute approximate surface area is 254 Å². The van der Waals surface area contributed by atoms with Gasteiger partial charge in [-0.2, -0.15) is 0 Å². The van der Waals surface area contributed by atoms with Crippen molar-refractivity contribution in [3.8, 4) is 0 Å². The van der Waals surface area contributed by atoms with Crippen LogP contribution in [0.5, 0.6) is 0 Å². The largest absolute Gasteiger partial charge is 0.456 e. The Kier molecular flexibility index (Phi) is 4.81. The summed E-state index contributed by atoms with van der Waals surface area (Å²) in [6.45, 7) is 0. The van der Waals surface area contributed by atoms with Gasteiger partial charge in [-0.25, -0.2) is 0 Å². The van der Waals surface area contributed by atoms with Crippen LogP contribution in [-0.2, 0) is 0 Å². The molecule has 0 spiro atoms. The van der Waals surface area contributed by atoms with Gasteiger partial charge in [-0.05, 0) is 54.6 Å². The highest BCUT2D eigenvalue weighted by Gasteiger charge is 2.21. The highest BCUT2D eigenvalue weighted by Crippen LogP contribution is 2.47. The zero-order valence-electron chi connectivity index (χ0n) is 23.2. The van der Waals surface area contributed by atoms with Gasteiger partial charge in [-0.15, -0.1) is 11.3 Å². The van der Waals surface area contributed by atoms with Crippen LogP contribution in [0.3, 0.4) is 0 Å². The molecule has 0 radical (unpaired) electrons. The number of aromatic nitrogens is 2. The smallest absolute Gasteiger partial charge is 0.138 e. The van der Waals surface area contributed by atoms with Gasteiger partial charge in [0.15, 0.2) is 0 Å². The number of anilines is 3. The van der Waals surface area contributed by atoms with Crippen molar-refractivity contribution in [3.63, 3.8) is 0 Å². The van der Waals surface area contributed by atoms with Crippen LogP contribution in [0, 0.1) is 0 Å². The van der Waals surface area contributed by atoms with E-state index < -0.39 is 0 Å². The lowest BCUT2D eigenvalue weighted by atomic mass is 10.0. The monoisotopic (exact) mass is 583 g/mol. The highest BCUT2D eigenvalue weighted by atomic mass is 32.1. The summed E-state index contributed by atoms with van der Waals surface area (Å²) in [5.74, 6) is 0. The van der Waals surface area contributed by atoms with E-state index >= 15 is 0 Å². The van der Waals surface area contributed by atoms with Gasteiger partial charge in [0.1, 0.15) is 22.3 Å². The fraction of sp³-hybridized carbons (Fsp3) is 0. The van der Waals surface area contributed by atoms with Crippen LogP contribution in [0.15, 0.2) is 137 Å². The van der Waals surface area contributed by atoms with Gasteiger partial charge in [0.25, 0.3) is 0 Å². The second-order valence-electron chi connectivity index (χ2n) is 11.1. The molecule has 0 bridgehead atoms. The molecule has 0 fully saturated rings. The van der Waals surface area contributed by atoms with Gasteiger partial charge >= 0.3 is 0 Å². The molecular formula is C38H21N3O2S. The Morgan fingerprint density at radius 2 is 1.14 bits per heavy atom. The number of benzene rings is 5. The summed E-state index contributed by atoms with van der Waals surface area (Å²) in [6.07, 6.45) is 7.28. The average Bonchev–Trinajstić information content (AvgIpc) is 3.76. The van der Waals surface area contributed by atoms with E-state index in [1.807, 2.05) is 35.9 Å². The van der Waals surface area contributed by atoms with Crippen LogP contribution in [0.2, 0.25) is 0 Å². The standard InChI is InChI=1S/C38H21N3O2S/c1-2-7-27-24(5-1)32(19-29-26-6-3-4-8-37(26)44-38(27)29)41(22-10-12-33-28(17-22)31-21-40-16-14-35(31)42-33)23-9-11-25-30-20-39-15-13-34(30)43-36(25)18-23/h1-21H. The highest BCUT2D eigenvalue weighted by molar-refractivity contribution is 7.26. The van der Waals surface area contributed by atoms with Crippen LogP contribution in [0.4, 0.5) is 17.1 Å². The number of furan rings is 2. The zero-order chi connectivity index (χ0) is 28.8. The fourth-order valence-electron chi connectivity index (χ4n) is 6.64. The van der Waals surface area contributed by atoms with E-state index in [-0.39, 0.29) is 0 Å². The minimum absolute atomic E-state index is 0.820. The number of pyridine rings is 2. The lowest BCUT2D eigenvalue weighted by molar-refractivity contribution is 0.668. The van der Waals surface area contributed by atoms with Crippen molar-refractivity contribution < 1.29 is 8.83 Å². The van der Waals surface area contributed by atoms with Gasteiger partial charge in [-0.1, -0.05) is 42.5 Å². The second kappa shape index (κ2) is 8.89. The number of thiophene rings is 1. The predicted octanol–water partition coefficient (Wildman–Crippen LogP) is 11.3. The molecule has 0 atom stereocenters. The topological polar surface area (TPSA) is 55.3 Å².